The van der Waals surface area contributed by atoms with E-state index in [1.807, 2.05) is 59.5 Å². The molecule has 1 fully saturated rings. The number of nitrogens with one attached hydrogen (secondary N) is 1. The average Bonchev–Trinajstić information content (AvgIpc) is 3.01. The van der Waals surface area contributed by atoms with E-state index in [4.69, 9.17) is 14.7 Å². The molecule has 1 unspecified atom stereocenters. The molecule has 1 atom stereocenters. The first-order valence-electron chi connectivity index (χ1n) is 9.87. The van der Waals surface area contributed by atoms with Crippen LogP contribution in [0.4, 0.5) is 4.79 Å². The van der Waals surface area contributed by atoms with Gasteiger partial charge in [0.2, 0.25) is 0 Å². The Balaban J connectivity index is 1.63. The number of hydrogen-bond acceptors (Lipinski definition) is 6. The molecule has 1 aliphatic rings. The predicted molar refractivity (Wildman–Crippen MR) is 110 cm³/mol. The maximum atomic E-state index is 12.5. The van der Waals surface area contributed by atoms with E-state index < -0.39 is 18.0 Å². The standard InChI is InChI=1S/C22H27N3O5/c1-29-19-9-7-17(8-10-19)15-25-14-13-24(12-11-20(25)21(26)23-28)22(27)30-16-18-5-3-2-4-6-18/h2-10,20,28H,11-16H2,1H3,(H,23,26). The van der Waals surface area contributed by atoms with Crippen molar-refractivity contribution in [2.45, 2.75) is 25.6 Å². The van der Waals surface area contributed by atoms with Gasteiger partial charge in [-0.2, -0.15) is 0 Å². The normalized spacial score (nSPS) is 17.1. The molecular formula is C22H27N3O5. The molecule has 1 heterocycles. The van der Waals surface area contributed by atoms with E-state index in [2.05, 4.69) is 0 Å². The van der Waals surface area contributed by atoms with Crippen LogP contribution in [0.2, 0.25) is 0 Å². The second-order valence-electron chi connectivity index (χ2n) is 7.13. The van der Waals surface area contributed by atoms with Gasteiger partial charge in [0.05, 0.1) is 13.2 Å². The van der Waals surface area contributed by atoms with E-state index in [9.17, 15) is 9.59 Å². The molecule has 160 valence electrons. The molecule has 8 nitrogen and oxygen atoms in total. The predicted octanol–water partition coefficient (Wildman–Crippen LogP) is 2.41. The van der Waals surface area contributed by atoms with Gasteiger partial charge in [-0.25, -0.2) is 10.3 Å². The van der Waals surface area contributed by atoms with Crippen molar-refractivity contribution in [3.8, 4) is 5.75 Å². The third-order valence-corrected chi connectivity index (χ3v) is 5.19. The number of carbonyl (C=O) groups is 2. The first-order chi connectivity index (χ1) is 14.6. The Morgan fingerprint density at radius 3 is 2.43 bits per heavy atom. The Labute approximate surface area is 176 Å². The summed E-state index contributed by atoms with van der Waals surface area (Å²) in [6, 6.07) is 16.5. The lowest BCUT2D eigenvalue weighted by atomic mass is 10.1. The molecule has 3 rings (SSSR count). The van der Waals surface area contributed by atoms with Crippen LogP contribution < -0.4 is 10.2 Å². The number of nitrogens with zero attached hydrogens (tertiary/aromatic N) is 2. The first kappa shape index (κ1) is 21.6. The Hall–Kier alpha value is -3.10. The molecule has 0 aromatic heterocycles. The van der Waals surface area contributed by atoms with Gasteiger partial charge in [0.1, 0.15) is 12.4 Å². The van der Waals surface area contributed by atoms with Crippen LogP contribution >= 0.6 is 0 Å². The van der Waals surface area contributed by atoms with Gasteiger partial charge in [0.15, 0.2) is 0 Å². The van der Waals surface area contributed by atoms with Crippen LogP contribution in [0.25, 0.3) is 0 Å². The van der Waals surface area contributed by atoms with Gasteiger partial charge in [-0.05, 0) is 29.7 Å². The molecule has 2 aromatic carbocycles. The second kappa shape index (κ2) is 10.6. The number of hydroxylamine groups is 1. The fourth-order valence-corrected chi connectivity index (χ4v) is 3.50. The molecule has 30 heavy (non-hydrogen) atoms. The minimum absolute atomic E-state index is 0.201. The van der Waals surface area contributed by atoms with Crippen LogP contribution in [0, 0.1) is 0 Å². The summed E-state index contributed by atoms with van der Waals surface area (Å²) in [7, 11) is 1.61. The van der Waals surface area contributed by atoms with Crippen LogP contribution in [0.1, 0.15) is 17.5 Å². The highest BCUT2D eigenvalue weighted by molar-refractivity contribution is 5.80. The smallest absolute Gasteiger partial charge is 0.410 e. The number of hydrogen-bond donors (Lipinski definition) is 2. The van der Waals surface area contributed by atoms with E-state index in [0.29, 0.717) is 32.6 Å². The lowest BCUT2D eigenvalue weighted by Gasteiger charge is -2.27. The zero-order valence-electron chi connectivity index (χ0n) is 17.0. The van der Waals surface area contributed by atoms with Crippen LogP contribution in [0.5, 0.6) is 5.75 Å². The maximum Gasteiger partial charge on any atom is 0.410 e. The van der Waals surface area contributed by atoms with Gasteiger partial charge >= 0.3 is 6.09 Å². The third kappa shape index (κ3) is 5.71. The number of rotatable bonds is 6. The van der Waals surface area contributed by atoms with Crippen molar-refractivity contribution in [2.75, 3.05) is 26.7 Å². The van der Waals surface area contributed by atoms with Gasteiger partial charge in [-0.1, -0.05) is 42.5 Å². The van der Waals surface area contributed by atoms with Crippen molar-refractivity contribution < 1.29 is 24.3 Å². The van der Waals surface area contributed by atoms with Crippen LogP contribution in [-0.2, 0) is 22.7 Å². The molecule has 0 spiro atoms. The molecule has 2 amide bonds. The molecular weight excluding hydrogens is 386 g/mol. The van der Waals surface area contributed by atoms with E-state index in [0.717, 1.165) is 16.9 Å². The lowest BCUT2D eigenvalue weighted by molar-refractivity contribution is -0.135. The fourth-order valence-electron chi connectivity index (χ4n) is 3.50. The summed E-state index contributed by atoms with van der Waals surface area (Å²) in [5.74, 6) is 0.273. The van der Waals surface area contributed by atoms with Gasteiger partial charge < -0.3 is 14.4 Å². The van der Waals surface area contributed by atoms with E-state index in [1.165, 1.54) is 0 Å². The molecule has 0 aliphatic carbocycles. The average molecular weight is 413 g/mol. The van der Waals surface area contributed by atoms with E-state index in [-0.39, 0.29) is 6.61 Å². The molecule has 2 aromatic rings. The Bertz CT molecular complexity index is 828. The van der Waals surface area contributed by atoms with Crippen molar-refractivity contribution in [3.63, 3.8) is 0 Å². The number of benzene rings is 2. The number of methoxy groups -OCH3 is 1. The number of amides is 2. The molecule has 0 radical (unpaired) electrons. The fraction of sp³-hybridized carbons (Fsp3) is 0.364. The Morgan fingerprint density at radius 2 is 1.77 bits per heavy atom. The summed E-state index contributed by atoms with van der Waals surface area (Å²) >= 11 is 0. The zero-order valence-corrected chi connectivity index (χ0v) is 17.0. The summed E-state index contributed by atoms with van der Waals surface area (Å²) in [6.07, 6.45) is -0.0171. The van der Waals surface area contributed by atoms with Crippen molar-refractivity contribution >= 4 is 12.0 Å². The van der Waals surface area contributed by atoms with Crippen LogP contribution in [0.3, 0.4) is 0 Å². The highest BCUT2D eigenvalue weighted by atomic mass is 16.6. The number of ether oxygens (including phenoxy) is 2. The Kier molecular flexibility index (Phi) is 7.64. The van der Waals surface area contributed by atoms with Crippen molar-refractivity contribution in [2.24, 2.45) is 0 Å². The van der Waals surface area contributed by atoms with Gasteiger partial charge in [0, 0.05) is 26.2 Å². The molecule has 0 saturated carbocycles. The van der Waals surface area contributed by atoms with Crippen LogP contribution in [0.15, 0.2) is 54.6 Å². The molecule has 1 saturated heterocycles. The summed E-state index contributed by atoms with van der Waals surface area (Å²) in [4.78, 5) is 28.3. The van der Waals surface area contributed by atoms with Gasteiger partial charge in [-0.15, -0.1) is 0 Å². The molecule has 8 heteroatoms. The Morgan fingerprint density at radius 1 is 1.03 bits per heavy atom. The van der Waals surface area contributed by atoms with Crippen molar-refractivity contribution in [1.82, 2.24) is 15.3 Å². The summed E-state index contributed by atoms with van der Waals surface area (Å²) in [5.41, 5.74) is 3.67. The van der Waals surface area contributed by atoms with Crippen molar-refractivity contribution in [3.05, 3.63) is 65.7 Å². The summed E-state index contributed by atoms with van der Waals surface area (Å²) < 4.78 is 10.6. The SMILES string of the molecule is COc1ccc(CN2CCN(C(=O)OCc3ccccc3)CCC2C(=O)NO)cc1. The lowest BCUT2D eigenvalue weighted by Crippen LogP contribution is -2.46. The number of carbonyl (C=O) groups excluding carboxylic acids is 2. The summed E-state index contributed by atoms with van der Waals surface area (Å²) in [5, 5.41) is 9.17. The van der Waals surface area contributed by atoms with Gasteiger partial charge in [-0.3, -0.25) is 14.9 Å². The minimum Gasteiger partial charge on any atom is -0.497 e. The highest BCUT2D eigenvalue weighted by Crippen LogP contribution is 2.18. The minimum atomic E-state index is -0.552. The third-order valence-electron chi connectivity index (χ3n) is 5.19. The topological polar surface area (TPSA) is 91.3 Å². The van der Waals surface area contributed by atoms with Gasteiger partial charge in [0.25, 0.3) is 5.91 Å². The largest absolute Gasteiger partial charge is 0.497 e. The summed E-state index contributed by atoms with van der Waals surface area (Å²) in [6.45, 7) is 1.98. The quantitative estimate of drug-likeness (QED) is 0.558. The monoisotopic (exact) mass is 413 g/mol. The van der Waals surface area contributed by atoms with Crippen molar-refractivity contribution in [1.29, 1.82) is 0 Å². The molecule has 2 N–H and O–H groups in total. The highest BCUT2D eigenvalue weighted by Gasteiger charge is 2.31. The molecule has 0 bridgehead atoms. The first-order valence-corrected chi connectivity index (χ1v) is 9.87. The van der Waals surface area contributed by atoms with E-state index in [1.54, 1.807) is 17.5 Å². The van der Waals surface area contributed by atoms with Crippen LogP contribution in [-0.4, -0.2) is 59.8 Å². The molecule has 1 aliphatic heterocycles. The maximum absolute atomic E-state index is 12.5. The van der Waals surface area contributed by atoms with E-state index >= 15 is 0 Å². The second-order valence-corrected chi connectivity index (χ2v) is 7.13. The zero-order chi connectivity index (χ0) is 21.3.